The van der Waals surface area contributed by atoms with Crippen LogP contribution in [0.4, 0.5) is 34.1 Å². The molecule has 0 unspecified atom stereocenters. The molecule has 2 aromatic heterocycles. The van der Waals surface area contributed by atoms with Gasteiger partial charge in [0, 0.05) is 54.8 Å². The number of furan rings is 2. The first-order chi connectivity index (χ1) is 37.6. The SMILES string of the molecule is CCc1ccc(-c2cccc3c2oc2ccccc23)c(CC)c1N(c1ccccc1)c1ccc2ccc3c(N(c4ccccc4)c4c(CC)ccc(-c5cccc6c5oc5ccccc56)c4CC)ccc4ccc1c2c43. The first-order valence-corrected chi connectivity index (χ1v) is 27.1. The molecule has 0 spiro atoms. The van der Waals surface area contributed by atoms with Crippen LogP contribution in [0.5, 0.6) is 0 Å². The van der Waals surface area contributed by atoms with Gasteiger partial charge in [-0.15, -0.1) is 0 Å². The van der Waals surface area contributed by atoms with Crippen molar-refractivity contribution >= 4 is 110 Å². The third-order valence-electron chi connectivity index (χ3n) is 16.2. The average molecular weight is 981 g/mol. The Balaban J connectivity index is 1.01. The summed E-state index contributed by atoms with van der Waals surface area (Å²) in [5.41, 5.74) is 20.5. The molecule has 0 radical (unpaired) electrons. The van der Waals surface area contributed by atoms with Crippen LogP contribution < -0.4 is 9.80 Å². The van der Waals surface area contributed by atoms with Gasteiger partial charge in [0.2, 0.25) is 0 Å². The highest BCUT2D eigenvalue weighted by Crippen LogP contribution is 2.52. The van der Waals surface area contributed by atoms with Crippen LogP contribution in [0.3, 0.4) is 0 Å². The van der Waals surface area contributed by atoms with Gasteiger partial charge in [-0.1, -0.05) is 198 Å². The molecule has 0 aliphatic heterocycles. The second kappa shape index (κ2) is 18.4. The Morgan fingerprint density at radius 2 is 0.697 bits per heavy atom. The normalized spacial score (nSPS) is 11.9. The highest BCUT2D eigenvalue weighted by atomic mass is 16.3. The molecule has 0 bridgehead atoms. The van der Waals surface area contributed by atoms with Gasteiger partial charge in [-0.3, -0.25) is 0 Å². The molecule has 0 amide bonds. The van der Waals surface area contributed by atoms with Crippen LogP contribution in [0.15, 0.2) is 227 Å². The van der Waals surface area contributed by atoms with Gasteiger partial charge < -0.3 is 18.6 Å². The zero-order valence-corrected chi connectivity index (χ0v) is 43.3. The van der Waals surface area contributed by atoms with Crippen LogP contribution in [0.25, 0.3) is 98.4 Å². The number of nitrogens with zero attached hydrogens (tertiary/aromatic N) is 2. The molecule has 4 heteroatoms. The molecule has 0 N–H and O–H groups in total. The summed E-state index contributed by atoms with van der Waals surface area (Å²) in [5, 5.41) is 11.9. The van der Waals surface area contributed by atoms with E-state index in [1.54, 1.807) is 0 Å². The topological polar surface area (TPSA) is 32.8 Å². The number of fused-ring (bicyclic) bond motifs is 6. The molecule has 76 heavy (non-hydrogen) atoms. The number of hydrogen-bond donors (Lipinski definition) is 0. The molecule has 4 nitrogen and oxygen atoms in total. The molecule has 0 aliphatic carbocycles. The van der Waals surface area contributed by atoms with Crippen molar-refractivity contribution in [1.82, 2.24) is 0 Å². The van der Waals surface area contributed by atoms with Crippen molar-refractivity contribution in [2.75, 3.05) is 9.80 Å². The minimum absolute atomic E-state index is 0.830. The van der Waals surface area contributed by atoms with Crippen molar-refractivity contribution in [3.8, 4) is 22.3 Å². The molecule has 0 saturated carbocycles. The molecule has 0 saturated heterocycles. The van der Waals surface area contributed by atoms with E-state index in [2.05, 4.69) is 256 Å². The van der Waals surface area contributed by atoms with Crippen LogP contribution >= 0.6 is 0 Å². The fraction of sp³-hybridized carbons (Fsp3) is 0.111. The third-order valence-corrected chi connectivity index (χ3v) is 16.2. The van der Waals surface area contributed by atoms with Gasteiger partial charge in [-0.05, 0) is 129 Å². The van der Waals surface area contributed by atoms with Crippen molar-refractivity contribution in [2.24, 2.45) is 0 Å². The van der Waals surface area contributed by atoms with Crippen LogP contribution in [-0.4, -0.2) is 0 Å². The van der Waals surface area contributed by atoms with Gasteiger partial charge in [0.05, 0.1) is 22.7 Å². The van der Waals surface area contributed by atoms with E-state index >= 15 is 0 Å². The summed E-state index contributed by atoms with van der Waals surface area (Å²) in [4.78, 5) is 5.11. The van der Waals surface area contributed by atoms with Crippen molar-refractivity contribution < 1.29 is 8.83 Å². The Morgan fingerprint density at radius 1 is 0.303 bits per heavy atom. The summed E-state index contributed by atoms with van der Waals surface area (Å²) in [6.07, 6.45) is 3.41. The number of aryl methyl sites for hydroxylation is 2. The second-order valence-corrected chi connectivity index (χ2v) is 20.1. The molecule has 12 aromatic carbocycles. The lowest BCUT2D eigenvalue weighted by atomic mass is 9.89. The van der Waals surface area contributed by atoms with Gasteiger partial charge in [0.1, 0.15) is 22.3 Å². The van der Waals surface area contributed by atoms with E-state index in [1.165, 1.54) is 77.1 Å². The zero-order valence-electron chi connectivity index (χ0n) is 43.3. The highest BCUT2D eigenvalue weighted by molar-refractivity contribution is 6.28. The quantitative estimate of drug-likeness (QED) is 0.114. The summed E-state index contributed by atoms with van der Waals surface area (Å²) in [7, 11) is 0. The Morgan fingerprint density at radius 3 is 1.12 bits per heavy atom. The Kier molecular flexibility index (Phi) is 11.0. The average Bonchev–Trinajstić information content (AvgIpc) is 4.19. The van der Waals surface area contributed by atoms with Crippen LogP contribution in [0.1, 0.15) is 49.9 Å². The number of hydrogen-bond acceptors (Lipinski definition) is 4. The molecular formula is C72H56N2O2. The fourth-order valence-corrected chi connectivity index (χ4v) is 12.7. The van der Waals surface area contributed by atoms with Gasteiger partial charge >= 0.3 is 0 Å². The summed E-state index contributed by atoms with van der Waals surface area (Å²) in [6.45, 7) is 9.18. The van der Waals surface area contributed by atoms with E-state index in [0.29, 0.717) is 0 Å². The molecule has 0 aliphatic rings. The van der Waals surface area contributed by atoms with E-state index in [0.717, 1.165) is 103 Å². The summed E-state index contributed by atoms with van der Waals surface area (Å²) >= 11 is 0. The predicted molar refractivity (Wildman–Crippen MR) is 322 cm³/mol. The van der Waals surface area contributed by atoms with Gasteiger partial charge in [0.25, 0.3) is 0 Å². The summed E-state index contributed by atoms with van der Waals surface area (Å²) in [5.74, 6) is 0. The van der Waals surface area contributed by atoms with E-state index in [9.17, 15) is 0 Å². The van der Waals surface area contributed by atoms with Crippen LogP contribution in [0, 0.1) is 0 Å². The van der Waals surface area contributed by atoms with Gasteiger partial charge in [0.15, 0.2) is 0 Å². The number of rotatable bonds is 12. The Hall–Kier alpha value is -9.12. The molecule has 14 rings (SSSR count). The maximum absolute atomic E-state index is 6.73. The summed E-state index contributed by atoms with van der Waals surface area (Å²) < 4.78 is 13.5. The lowest BCUT2D eigenvalue weighted by molar-refractivity contribution is 0.669. The standard InChI is InChI=1S/C72H56N2O2/c1-5-45-33-39-53(57-27-19-29-59-55-25-15-17-31-65(55)75-71(57)59)51(7-3)69(45)73(49-21-11-9-12-22-49)63-43-37-47-36-42-62-64(44-38-48-35-41-61(63)67(47)68(48)62)74(50-23-13-10-14-24-50)70-46(6-2)34-40-54(52(70)8-4)58-28-20-30-60-56-26-16-18-32-66(56)76-72(58)60/h9-44H,5-8H2,1-4H3. The molecule has 0 atom stereocenters. The minimum Gasteiger partial charge on any atom is -0.455 e. The highest BCUT2D eigenvalue weighted by Gasteiger charge is 2.28. The first kappa shape index (κ1) is 45.5. The van der Waals surface area contributed by atoms with Gasteiger partial charge in [-0.25, -0.2) is 0 Å². The smallest absolute Gasteiger partial charge is 0.143 e. The van der Waals surface area contributed by atoms with E-state index in [1.807, 2.05) is 0 Å². The number of para-hydroxylation sites is 6. The van der Waals surface area contributed by atoms with Crippen molar-refractivity contribution in [3.63, 3.8) is 0 Å². The van der Waals surface area contributed by atoms with Crippen LogP contribution in [0.2, 0.25) is 0 Å². The zero-order chi connectivity index (χ0) is 51.0. The Labute approximate surface area is 443 Å². The Bertz CT molecular complexity index is 4240. The largest absolute Gasteiger partial charge is 0.455 e. The summed E-state index contributed by atoms with van der Waals surface area (Å²) in [6, 6.07) is 80.1. The fourth-order valence-electron chi connectivity index (χ4n) is 12.7. The number of benzene rings is 12. The van der Waals surface area contributed by atoms with E-state index in [-0.39, 0.29) is 0 Å². The van der Waals surface area contributed by atoms with Crippen molar-refractivity contribution in [2.45, 2.75) is 53.4 Å². The third kappa shape index (κ3) is 6.97. The monoisotopic (exact) mass is 980 g/mol. The lowest BCUT2D eigenvalue weighted by Gasteiger charge is -2.33. The molecule has 0 fully saturated rings. The van der Waals surface area contributed by atoms with E-state index in [4.69, 9.17) is 8.83 Å². The minimum atomic E-state index is 0.830. The molecule has 366 valence electrons. The second-order valence-electron chi connectivity index (χ2n) is 20.1. The molecule has 2 heterocycles. The predicted octanol–water partition coefficient (Wildman–Crippen LogP) is 20.9. The molecule has 14 aromatic rings. The van der Waals surface area contributed by atoms with Crippen molar-refractivity contribution in [1.29, 1.82) is 0 Å². The first-order valence-electron chi connectivity index (χ1n) is 27.1. The van der Waals surface area contributed by atoms with Crippen molar-refractivity contribution in [3.05, 3.63) is 241 Å². The van der Waals surface area contributed by atoms with E-state index < -0.39 is 0 Å². The maximum atomic E-state index is 6.73. The maximum Gasteiger partial charge on any atom is 0.143 e. The van der Waals surface area contributed by atoms with Crippen LogP contribution in [-0.2, 0) is 25.7 Å². The lowest BCUT2D eigenvalue weighted by Crippen LogP contribution is -2.16. The number of anilines is 6. The van der Waals surface area contributed by atoms with Gasteiger partial charge in [-0.2, -0.15) is 0 Å². The molecular weight excluding hydrogens is 925 g/mol.